The topological polar surface area (TPSA) is 95.2 Å². The van der Waals surface area contributed by atoms with Crippen LogP contribution < -0.4 is 9.62 Å². The lowest BCUT2D eigenvalue weighted by Gasteiger charge is -2.28. The fourth-order valence-corrected chi connectivity index (χ4v) is 4.95. The van der Waals surface area contributed by atoms with Gasteiger partial charge in [0.25, 0.3) is 0 Å². The van der Waals surface area contributed by atoms with Crippen LogP contribution in [0.1, 0.15) is 49.0 Å². The molecule has 0 unspecified atom stereocenters. The summed E-state index contributed by atoms with van der Waals surface area (Å²) in [6.45, 7) is 2.35. The van der Waals surface area contributed by atoms with Crippen molar-refractivity contribution in [3.63, 3.8) is 0 Å². The summed E-state index contributed by atoms with van der Waals surface area (Å²) in [4.78, 5) is 21.5. The number of benzene rings is 1. The highest BCUT2D eigenvalue weighted by molar-refractivity contribution is 7.89. The molecule has 1 aliphatic heterocycles. The maximum absolute atomic E-state index is 12.7. The minimum Gasteiger partial charge on any atom is -0.345 e. The number of nitrogens with zero attached hydrogens (tertiary/aromatic N) is 2. The Morgan fingerprint density at radius 2 is 2.04 bits per heavy atom. The van der Waals surface area contributed by atoms with Crippen molar-refractivity contribution in [3.8, 4) is 0 Å². The number of hydrogen-bond acceptors (Lipinski definition) is 4. The Labute approximate surface area is 159 Å². The Kier molecular flexibility index (Phi) is 4.77. The van der Waals surface area contributed by atoms with Gasteiger partial charge >= 0.3 is 0 Å². The number of imidazole rings is 1. The van der Waals surface area contributed by atoms with Gasteiger partial charge in [0.15, 0.2) is 0 Å². The van der Waals surface area contributed by atoms with E-state index in [-0.39, 0.29) is 17.3 Å². The van der Waals surface area contributed by atoms with Gasteiger partial charge < -0.3 is 9.88 Å². The second-order valence-electron chi connectivity index (χ2n) is 7.21. The van der Waals surface area contributed by atoms with Gasteiger partial charge in [-0.1, -0.05) is 0 Å². The molecule has 144 valence electrons. The lowest BCUT2D eigenvalue weighted by Crippen LogP contribution is -2.33. The number of aromatic nitrogens is 2. The second kappa shape index (κ2) is 7.09. The van der Waals surface area contributed by atoms with E-state index < -0.39 is 10.0 Å². The monoisotopic (exact) mass is 388 g/mol. The molecule has 0 spiro atoms. The van der Waals surface area contributed by atoms with Crippen molar-refractivity contribution in [2.45, 2.75) is 56.9 Å². The number of H-pyrrole nitrogens is 1. The summed E-state index contributed by atoms with van der Waals surface area (Å²) in [5, 5.41) is 0. The zero-order valence-corrected chi connectivity index (χ0v) is 16.2. The number of carbonyl (C=O) groups excluding carboxylic acids is 1. The molecule has 4 rings (SSSR count). The summed E-state index contributed by atoms with van der Waals surface area (Å²) in [7, 11) is -3.64. The molecule has 2 aliphatic rings. The molecule has 1 aromatic carbocycles. The van der Waals surface area contributed by atoms with Crippen molar-refractivity contribution < 1.29 is 13.2 Å². The van der Waals surface area contributed by atoms with Crippen LogP contribution in [0.4, 0.5) is 5.69 Å². The Hall–Kier alpha value is -2.19. The van der Waals surface area contributed by atoms with E-state index >= 15 is 0 Å². The minimum atomic E-state index is -3.64. The SMILES string of the molecule is CC(=O)N1CCCc2cc(S(=O)(=O)NCc3nc4c([nH]3)CCCC4)ccc21. The van der Waals surface area contributed by atoms with Gasteiger partial charge in [0.2, 0.25) is 15.9 Å². The maximum Gasteiger partial charge on any atom is 0.240 e. The molecule has 27 heavy (non-hydrogen) atoms. The first-order valence-electron chi connectivity index (χ1n) is 9.41. The molecule has 1 aromatic heterocycles. The molecule has 7 nitrogen and oxygen atoms in total. The highest BCUT2D eigenvalue weighted by Crippen LogP contribution is 2.29. The van der Waals surface area contributed by atoms with E-state index in [4.69, 9.17) is 0 Å². The summed E-state index contributed by atoms with van der Waals surface area (Å²) in [6.07, 6.45) is 5.82. The van der Waals surface area contributed by atoms with Crippen LogP contribution in [0.15, 0.2) is 23.1 Å². The van der Waals surface area contributed by atoms with Crippen LogP contribution in [-0.4, -0.2) is 30.8 Å². The van der Waals surface area contributed by atoms with Gasteiger partial charge in [0, 0.05) is 24.8 Å². The van der Waals surface area contributed by atoms with Crippen LogP contribution in [0.2, 0.25) is 0 Å². The van der Waals surface area contributed by atoms with Gasteiger partial charge in [0.1, 0.15) is 5.82 Å². The highest BCUT2D eigenvalue weighted by Gasteiger charge is 2.23. The Bertz CT molecular complexity index is 957. The van der Waals surface area contributed by atoms with Crippen LogP contribution in [-0.2, 0) is 40.6 Å². The molecule has 0 fully saturated rings. The molecule has 2 aromatic rings. The number of aromatic amines is 1. The predicted molar refractivity (Wildman–Crippen MR) is 102 cm³/mol. The quantitative estimate of drug-likeness (QED) is 0.838. The predicted octanol–water partition coefficient (Wildman–Crippen LogP) is 2.07. The zero-order valence-electron chi connectivity index (χ0n) is 15.4. The van der Waals surface area contributed by atoms with Crippen LogP contribution in [0.5, 0.6) is 0 Å². The normalized spacial score (nSPS) is 16.7. The van der Waals surface area contributed by atoms with Crippen molar-refractivity contribution in [3.05, 3.63) is 41.0 Å². The van der Waals surface area contributed by atoms with Crippen molar-refractivity contribution in [1.82, 2.24) is 14.7 Å². The van der Waals surface area contributed by atoms with Crippen molar-refractivity contribution in [1.29, 1.82) is 0 Å². The van der Waals surface area contributed by atoms with E-state index in [2.05, 4.69) is 14.7 Å². The summed E-state index contributed by atoms with van der Waals surface area (Å²) in [5.74, 6) is 0.637. The molecule has 0 saturated heterocycles. The molecule has 0 bridgehead atoms. The number of carbonyl (C=O) groups is 1. The third kappa shape index (κ3) is 3.64. The fourth-order valence-electron chi connectivity index (χ4n) is 3.91. The first-order chi connectivity index (χ1) is 12.9. The Balaban J connectivity index is 1.52. The molecule has 8 heteroatoms. The third-order valence-electron chi connectivity index (χ3n) is 5.29. The number of hydrogen-bond donors (Lipinski definition) is 2. The van der Waals surface area contributed by atoms with Crippen molar-refractivity contribution in [2.24, 2.45) is 0 Å². The van der Waals surface area contributed by atoms with Gasteiger partial charge in [-0.25, -0.2) is 18.1 Å². The Morgan fingerprint density at radius 3 is 2.81 bits per heavy atom. The average Bonchev–Trinajstić information content (AvgIpc) is 3.08. The molecular formula is C19H24N4O3S. The highest BCUT2D eigenvalue weighted by atomic mass is 32.2. The lowest BCUT2D eigenvalue weighted by atomic mass is 10.0. The molecule has 1 amide bonds. The third-order valence-corrected chi connectivity index (χ3v) is 6.69. The molecule has 1 aliphatic carbocycles. The minimum absolute atomic E-state index is 0.0218. The number of anilines is 1. The summed E-state index contributed by atoms with van der Waals surface area (Å²) >= 11 is 0. The average molecular weight is 388 g/mol. The van der Waals surface area contributed by atoms with E-state index in [1.54, 1.807) is 23.1 Å². The molecule has 0 atom stereocenters. The van der Waals surface area contributed by atoms with Gasteiger partial charge in [-0.3, -0.25) is 4.79 Å². The van der Waals surface area contributed by atoms with Crippen LogP contribution >= 0.6 is 0 Å². The first kappa shape index (κ1) is 18.2. The van der Waals surface area contributed by atoms with E-state index in [1.165, 1.54) is 6.92 Å². The number of aryl methyl sites for hydroxylation is 3. The molecular weight excluding hydrogens is 364 g/mol. The second-order valence-corrected chi connectivity index (χ2v) is 8.97. The fraction of sp³-hybridized carbons (Fsp3) is 0.474. The number of fused-ring (bicyclic) bond motifs is 2. The summed E-state index contributed by atoms with van der Waals surface area (Å²) in [5.41, 5.74) is 3.90. The summed E-state index contributed by atoms with van der Waals surface area (Å²) < 4.78 is 28.1. The zero-order chi connectivity index (χ0) is 19.0. The van der Waals surface area contributed by atoms with Crippen LogP contribution in [0, 0.1) is 0 Å². The lowest BCUT2D eigenvalue weighted by molar-refractivity contribution is -0.116. The number of amides is 1. The van der Waals surface area contributed by atoms with E-state index in [1.807, 2.05) is 0 Å². The molecule has 2 heterocycles. The smallest absolute Gasteiger partial charge is 0.240 e. The standard InChI is InChI=1S/C19H24N4O3S/c1-13(24)23-10-4-5-14-11-15(8-9-18(14)23)27(25,26)20-12-19-21-16-6-2-3-7-17(16)22-19/h8-9,11,20H,2-7,10,12H2,1H3,(H,21,22). The van der Waals surface area contributed by atoms with Crippen LogP contribution in [0.25, 0.3) is 0 Å². The van der Waals surface area contributed by atoms with Gasteiger partial charge in [-0.2, -0.15) is 0 Å². The number of rotatable bonds is 4. The maximum atomic E-state index is 12.7. The molecule has 2 N–H and O–H groups in total. The van der Waals surface area contributed by atoms with Gasteiger partial charge in [0.05, 0.1) is 17.1 Å². The van der Waals surface area contributed by atoms with E-state index in [0.717, 1.165) is 61.2 Å². The van der Waals surface area contributed by atoms with E-state index in [9.17, 15) is 13.2 Å². The Morgan fingerprint density at radius 1 is 1.22 bits per heavy atom. The van der Waals surface area contributed by atoms with E-state index in [0.29, 0.717) is 12.4 Å². The van der Waals surface area contributed by atoms with Gasteiger partial charge in [-0.15, -0.1) is 0 Å². The van der Waals surface area contributed by atoms with Gasteiger partial charge in [-0.05, 0) is 62.3 Å². The van der Waals surface area contributed by atoms with Crippen LogP contribution in [0.3, 0.4) is 0 Å². The largest absolute Gasteiger partial charge is 0.345 e. The molecule has 0 radical (unpaired) electrons. The van der Waals surface area contributed by atoms with Crippen molar-refractivity contribution >= 4 is 21.6 Å². The number of nitrogens with one attached hydrogen (secondary N) is 2. The number of sulfonamides is 1. The first-order valence-corrected chi connectivity index (χ1v) is 10.9. The summed E-state index contributed by atoms with van der Waals surface area (Å²) in [6, 6.07) is 4.98. The van der Waals surface area contributed by atoms with Crippen molar-refractivity contribution in [2.75, 3.05) is 11.4 Å². The molecule has 0 saturated carbocycles.